The number of nitrogens with zero attached hydrogens (tertiary/aromatic N) is 1. The molecule has 0 heterocycles. The maximum absolute atomic E-state index is 11.3. The maximum Gasteiger partial charge on any atom is 0.191 e. The Balaban J connectivity index is 2.49. The van der Waals surface area contributed by atoms with Crippen molar-refractivity contribution in [2.45, 2.75) is 33.7 Å². The van der Waals surface area contributed by atoms with E-state index in [-0.39, 0.29) is 11.2 Å². The molecule has 130 valence electrons. The van der Waals surface area contributed by atoms with E-state index in [1.165, 1.54) is 17.4 Å². The summed E-state index contributed by atoms with van der Waals surface area (Å²) in [6.45, 7) is 7.56. The van der Waals surface area contributed by atoms with Gasteiger partial charge in [-0.05, 0) is 29.9 Å². The van der Waals surface area contributed by atoms with Crippen LogP contribution in [0.3, 0.4) is 0 Å². The summed E-state index contributed by atoms with van der Waals surface area (Å²) in [5.41, 5.74) is 2.35. The Labute approximate surface area is 140 Å². The van der Waals surface area contributed by atoms with Crippen LogP contribution in [0.4, 0.5) is 0 Å². The molecule has 6 heteroatoms. The number of aryl methyl sites for hydroxylation is 1. The Hall–Kier alpha value is -1.56. The largest absolute Gasteiger partial charge is 0.356 e. The van der Waals surface area contributed by atoms with Crippen LogP contribution in [0.2, 0.25) is 0 Å². The van der Waals surface area contributed by atoms with Crippen molar-refractivity contribution in [3.63, 3.8) is 0 Å². The minimum Gasteiger partial charge on any atom is -0.356 e. The van der Waals surface area contributed by atoms with Crippen LogP contribution in [0, 0.1) is 12.3 Å². The van der Waals surface area contributed by atoms with Crippen LogP contribution in [0.15, 0.2) is 29.3 Å². The number of hydrogen-bond donors (Lipinski definition) is 2. The van der Waals surface area contributed by atoms with Crippen molar-refractivity contribution >= 4 is 15.8 Å². The van der Waals surface area contributed by atoms with Crippen molar-refractivity contribution in [2.24, 2.45) is 10.4 Å². The fraction of sp³-hybridized carbons (Fsp3) is 0.588. The van der Waals surface area contributed by atoms with E-state index in [0.717, 1.165) is 5.96 Å². The summed E-state index contributed by atoms with van der Waals surface area (Å²) in [7, 11) is -1.19. The van der Waals surface area contributed by atoms with Gasteiger partial charge in [0.15, 0.2) is 5.96 Å². The highest BCUT2D eigenvalue weighted by Gasteiger charge is 2.20. The van der Waals surface area contributed by atoms with Gasteiger partial charge in [-0.3, -0.25) is 4.99 Å². The van der Waals surface area contributed by atoms with Gasteiger partial charge in [0.25, 0.3) is 0 Å². The van der Waals surface area contributed by atoms with Crippen LogP contribution in [-0.2, 0) is 16.4 Å². The lowest BCUT2D eigenvalue weighted by Crippen LogP contribution is -2.42. The van der Waals surface area contributed by atoms with E-state index < -0.39 is 9.84 Å². The Kier molecular flexibility index (Phi) is 7.06. The zero-order valence-electron chi connectivity index (χ0n) is 14.8. The molecular weight excluding hydrogens is 310 g/mol. The van der Waals surface area contributed by atoms with Crippen LogP contribution in [-0.4, -0.2) is 40.0 Å². The summed E-state index contributed by atoms with van der Waals surface area (Å²) in [5.74, 6) is 0.928. The lowest BCUT2D eigenvalue weighted by molar-refractivity contribution is 0.348. The predicted molar refractivity (Wildman–Crippen MR) is 97.5 cm³/mol. The first-order valence-corrected chi connectivity index (χ1v) is 9.86. The summed E-state index contributed by atoms with van der Waals surface area (Å²) in [6.07, 6.45) is 1.90. The first-order valence-electron chi connectivity index (χ1n) is 7.80. The molecule has 2 N–H and O–H groups in total. The summed E-state index contributed by atoms with van der Waals surface area (Å²) in [6, 6.07) is 8.22. The second-order valence-electron chi connectivity index (χ2n) is 6.75. The molecule has 0 atom stereocenters. The third-order valence-electron chi connectivity index (χ3n) is 3.82. The number of sulfone groups is 1. The normalized spacial score (nSPS) is 13.0. The van der Waals surface area contributed by atoms with E-state index in [1.54, 1.807) is 7.05 Å². The highest BCUT2D eigenvalue weighted by molar-refractivity contribution is 7.90. The number of nitrogens with one attached hydrogen (secondary N) is 2. The van der Waals surface area contributed by atoms with Crippen LogP contribution >= 0.6 is 0 Å². The van der Waals surface area contributed by atoms with Crippen LogP contribution in [0.25, 0.3) is 0 Å². The molecule has 1 aromatic carbocycles. The first-order chi connectivity index (χ1) is 10.6. The van der Waals surface area contributed by atoms with Crippen molar-refractivity contribution in [3.8, 4) is 0 Å². The van der Waals surface area contributed by atoms with Gasteiger partial charge in [-0.1, -0.05) is 38.1 Å². The molecule has 0 aliphatic heterocycles. The Morgan fingerprint density at radius 3 is 2.43 bits per heavy atom. The lowest BCUT2D eigenvalue weighted by atomic mass is 9.90. The Morgan fingerprint density at radius 1 is 1.22 bits per heavy atom. The Bertz CT molecular complexity index is 637. The molecule has 0 saturated carbocycles. The molecule has 1 rings (SSSR count). The Morgan fingerprint density at radius 2 is 1.87 bits per heavy atom. The van der Waals surface area contributed by atoms with Crippen LogP contribution < -0.4 is 10.6 Å². The quantitative estimate of drug-likeness (QED) is 0.590. The number of guanidine groups is 1. The van der Waals surface area contributed by atoms with E-state index >= 15 is 0 Å². The van der Waals surface area contributed by atoms with Gasteiger partial charge in [-0.15, -0.1) is 0 Å². The van der Waals surface area contributed by atoms with Gasteiger partial charge < -0.3 is 10.6 Å². The average molecular weight is 340 g/mol. The minimum atomic E-state index is -2.93. The fourth-order valence-corrected chi connectivity index (χ4v) is 3.00. The van der Waals surface area contributed by atoms with Gasteiger partial charge in [0.1, 0.15) is 9.84 Å². The average Bonchev–Trinajstić information content (AvgIpc) is 2.46. The molecule has 0 fully saturated rings. The fourth-order valence-electron chi connectivity index (χ4n) is 2.08. The van der Waals surface area contributed by atoms with Crippen molar-refractivity contribution in [3.05, 3.63) is 35.4 Å². The number of hydrogen-bond acceptors (Lipinski definition) is 3. The smallest absolute Gasteiger partial charge is 0.191 e. The predicted octanol–water partition coefficient (Wildman–Crippen LogP) is 2.12. The molecule has 0 spiro atoms. The van der Waals surface area contributed by atoms with Crippen LogP contribution in [0.5, 0.6) is 0 Å². The molecule has 0 saturated heterocycles. The zero-order chi connectivity index (χ0) is 17.5. The van der Waals surface area contributed by atoms with E-state index in [9.17, 15) is 8.42 Å². The highest BCUT2D eigenvalue weighted by Crippen LogP contribution is 2.19. The van der Waals surface area contributed by atoms with E-state index in [4.69, 9.17) is 0 Å². The minimum absolute atomic E-state index is 0.122. The van der Waals surface area contributed by atoms with Crippen molar-refractivity contribution in [1.82, 2.24) is 10.6 Å². The second kappa shape index (κ2) is 8.34. The molecular formula is C17H29N3O2S. The van der Waals surface area contributed by atoms with Crippen LogP contribution in [0.1, 0.15) is 31.4 Å². The van der Waals surface area contributed by atoms with Crippen molar-refractivity contribution in [2.75, 3.05) is 25.6 Å². The molecule has 0 aliphatic carbocycles. The highest BCUT2D eigenvalue weighted by atomic mass is 32.2. The molecule has 5 nitrogen and oxygen atoms in total. The maximum atomic E-state index is 11.3. The van der Waals surface area contributed by atoms with Gasteiger partial charge in [0.2, 0.25) is 0 Å². The number of rotatable bonds is 7. The van der Waals surface area contributed by atoms with E-state index in [2.05, 4.69) is 48.5 Å². The van der Waals surface area contributed by atoms with Gasteiger partial charge in [0, 0.05) is 26.4 Å². The lowest BCUT2D eigenvalue weighted by Gasteiger charge is -2.26. The molecule has 0 bridgehead atoms. The van der Waals surface area contributed by atoms with E-state index in [0.29, 0.717) is 19.5 Å². The third kappa shape index (κ3) is 8.02. The first kappa shape index (κ1) is 19.5. The topological polar surface area (TPSA) is 70.6 Å². The van der Waals surface area contributed by atoms with Crippen molar-refractivity contribution in [1.29, 1.82) is 0 Å². The third-order valence-corrected chi connectivity index (χ3v) is 4.76. The van der Waals surface area contributed by atoms with Gasteiger partial charge in [-0.25, -0.2) is 8.42 Å². The SMILES string of the molecule is CN=C(NCc1ccccc1C)NCC(C)(C)CCS(C)(=O)=O. The van der Waals surface area contributed by atoms with E-state index in [1.807, 2.05) is 12.1 Å². The second-order valence-corrected chi connectivity index (χ2v) is 9.01. The monoisotopic (exact) mass is 339 g/mol. The summed E-state index contributed by atoms with van der Waals surface area (Å²) in [4.78, 5) is 4.22. The summed E-state index contributed by atoms with van der Waals surface area (Å²) in [5, 5.41) is 6.57. The molecule has 0 radical (unpaired) electrons. The number of benzene rings is 1. The van der Waals surface area contributed by atoms with Gasteiger partial charge in [0.05, 0.1) is 5.75 Å². The molecule has 0 aromatic heterocycles. The van der Waals surface area contributed by atoms with Gasteiger partial charge in [-0.2, -0.15) is 0 Å². The molecule has 0 amide bonds. The molecule has 0 aliphatic rings. The molecule has 1 aromatic rings. The summed E-state index contributed by atoms with van der Waals surface area (Å²) < 4.78 is 22.6. The van der Waals surface area contributed by atoms with Crippen molar-refractivity contribution < 1.29 is 8.42 Å². The number of aliphatic imine (C=N–C) groups is 1. The molecule has 23 heavy (non-hydrogen) atoms. The summed E-state index contributed by atoms with van der Waals surface area (Å²) >= 11 is 0. The zero-order valence-corrected chi connectivity index (χ0v) is 15.6. The van der Waals surface area contributed by atoms with Gasteiger partial charge >= 0.3 is 0 Å². The standard InChI is InChI=1S/C17H29N3O2S/c1-14-8-6-7-9-15(14)12-19-16(18-4)20-13-17(2,3)10-11-23(5,21)22/h6-9H,10-13H2,1-5H3,(H2,18,19,20). The molecule has 0 unspecified atom stereocenters.